The summed E-state index contributed by atoms with van der Waals surface area (Å²) in [5.41, 5.74) is -0.180. The lowest BCUT2D eigenvalue weighted by Crippen LogP contribution is -2.46. The van der Waals surface area contributed by atoms with Crippen LogP contribution in [0.5, 0.6) is 0 Å². The summed E-state index contributed by atoms with van der Waals surface area (Å²) in [6.45, 7) is 11.7. The van der Waals surface area contributed by atoms with Gasteiger partial charge < -0.3 is 10.2 Å². The normalized spacial score (nSPS) is 20.2. The first kappa shape index (κ1) is 16.0. The van der Waals surface area contributed by atoms with E-state index < -0.39 is 0 Å². The molecular formula is C15H28N2O2. The Morgan fingerprint density at radius 3 is 2.63 bits per heavy atom. The lowest BCUT2D eigenvalue weighted by atomic mass is 9.97. The van der Waals surface area contributed by atoms with Crippen molar-refractivity contribution in [3.05, 3.63) is 0 Å². The molecule has 110 valence electrons. The van der Waals surface area contributed by atoms with Crippen LogP contribution in [0.4, 0.5) is 0 Å². The van der Waals surface area contributed by atoms with Crippen LogP contribution in [0.3, 0.4) is 0 Å². The monoisotopic (exact) mass is 268 g/mol. The maximum Gasteiger partial charge on any atom is 0.225 e. The van der Waals surface area contributed by atoms with Gasteiger partial charge in [0.15, 0.2) is 0 Å². The van der Waals surface area contributed by atoms with Gasteiger partial charge >= 0.3 is 0 Å². The molecule has 1 atom stereocenters. The second-order valence-corrected chi connectivity index (χ2v) is 6.72. The summed E-state index contributed by atoms with van der Waals surface area (Å²) in [6, 6.07) is 0. The largest absolute Gasteiger partial charge is 0.351 e. The van der Waals surface area contributed by atoms with Crippen LogP contribution in [0, 0.1) is 11.8 Å². The van der Waals surface area contributed by atoms with Gasteiger partial charge in [-0.05, 0) is 26.2 Å². The number of nitrogens with one attached hydrogen (secondary N) is 1. The zero-order valence-electron chi connectivity index (χ0n) is 13.0. The zero-order valence-corrected chi connectivity index (χ0v) is 13.0. The Morgan fingerprint density at radius 1 is 1.47 bits per heavy atom. The van der Waals surface area contributed by atoms with E-state index in [1.54, 1.807) is 0 Å². The molecule has 1 fully saturated rings. The highest BCUT2D eigenvalue weighted by atomic mass is 16.2. The van der Waals surface area contributed by atoms with Crippen LogP contribution in [-0.2, 0) is 9.59 Å². The van der Waals surface area contributed by atoms with E-state index in [9.17, 15) is 9.59 Å². The molecule has 19 heavy (non-hydrogen) atoms. The van der Waals surface area contributed by atoms with Gasteiger partial charge in [0.2, 0.25) is 11.8 Å². The number of amides is 2. The van der Waals surface area contributed by atoms with Gasteiger partial charge in [0.05, 0.1) is 5.92 Å². The van der Waals surface area contributed by atoms with E-state index >= 15 is 0 Å². The average molecular weight is 268 g/mol. The first-order valence-corrected chi connectivity index (χ1v) is 7.35. The van der Waals surface area contributed by atoms with E-state index in [2.05, 4.69) is 26.1 Å². The third-order valence-corrected chi connectivity index (χ3v) is 3.51. The standard InChI is InChI=1S/C15H28N2O2/c1-6-7-15(4,5)16-14(19)12-8-13(18)17(10-12)9-11(2)3/h11-12H,6-10H2,1-5H3,(H,16,19)/t12-/m0/s1. The molecule has 0 aliphatic carbocycles. The number of hydrogen-bond acceptors (Lipinski definition) is 2. The fourth-order valence-electron chi connectivity index (χ4n) is 2.69. The van der Waals surface area contributed by atoms with Crippen molar-refractivity contribution in [3.8, 4) is 0 Å². The Balaban J connectivity index is 2.54. The first-order valence-electron chi connectivity index (χ1n) is 7.35. The van der Waals surface area contributed by atoms with Gasteiger partial charge in [-0.15, -0.1) is 0 Å². The number of likely N-dealkylation sites (tertiary alicyclic amines) is 1. The highest BCUT2D eigenvalue weighted by Gasteiger charge is 2.35. The molecule has 0 aromatic rings. The van der Waals surface area contributed by atoms with Crippen molar-refractivity contribution in [2.45, 2.75) is 59.4 Å². The van der Waals surface area contributed by atoms with Gasteiger partial charge in [-0.3, -0.25) is 9.59 Å². The Labute approximate surface area is 116 Å². The van der Waals surface area contributed by atoms with E-state index in [-0.39, 0.29) is 23.3 Å². The summed E-state index contributed by atoms with van der Waals surface area (Å²) in [4.78, 5) is 25.9. The molecule has 0 bridgehead atoms. The van der Waals surface area contributed by atoms with Crippen LogP contribution in [0.1, 0.15) is 53.9 Å². The van der Waals surface area contributed by atoms with Crippen molar-refractivity contribution in [1.82, 2.24) is 10.2 Å². The van der Waals surface area contributed by atoms with Crippen LogP contribution < -0.4 is 5.32 Å². The molecular weight excluding hydrogens is 240 g/mol. The molecule has 0 radical (unpaired) electrons. The summed E-state index contributed by atoms with van der Waals surface area (Å²) >= 11 is 0. The number of hydrogen-bond donors (Lipinski definition) is 1. The molecule has 2 amide bonds. The lowest BCUT2D eigenvalue weighted by Gasteiger charge is -2.27. The Hall–Kier alpha value is -1.06. The van der Waals surface area contributed by atoms with Crippen molar-refractivity contribution in [3.63, 3.8) is 0 Å². The third kappa shape index (κ3) is 4.84. The summed E-state index contributed by atoms with van der Waals surface area (Å²) in [6.07, 6.45) is 2.35. The molecule has 1 rings (SSSR count). The van der Waals surface area contributed by atoms with Crippen molar-refractivity contribution < 1.29 is 9.59 Å². The molecule has 0 aromatic heterocycles. The van der Waals surface area contributed by atoms with Crippen LogP contribution in [0.15, 0.2) is 0 Å². The van der Waals surface area contributed by atoms with Crippen molar-refractivity contribution in [1.29, 1.82) is 0 Å². The molecule has 4 heteroatoms. The number of rotatable bonds is 6. The first-order chi connectivity index (χ1) is 8.75. The molecule has 1 aliphatic rings. The van der Waals surface area contributed by atoms with E-state index in [0.29, 0.717) is 18.9 Å². The minimum absolute atomic E-state index is 0.0260. The summed E-state index contributed by atoms with van der Waals surface area (Å²) in [5, 5.41) is 3.08. The van der Waals surface area contributed by atoms with Crippen LogP contribution >= 0.6 is 0 Å². The fourth-order valence-corrected chi connectivity index (χ4v) is 2.69. The highest BCUT2D eigenvalue weighted by Crippen LogP contribution is 2.21. The van der Waals surface area contributed by atoms with Gasteiger partial charge in [0.25, 0.3) is 0 Å². The molecule has 1 heterocycles. The molecule has 4 nitrogen and oxygen atoms in total. The summed E-state index contributed by atoms with van der Waals surface area (Å²) < 4.78 is 0. The van der Waals surface area contributed by atoms with Crippen molar-refractivity contribution in [2.24, 2.45) is 11.8 Å². The smallest absolute Gasteiger partial charge is 0.225 e. The van der Waals surface area contributed by atoms with E-state index in [0.717, 1.165) is 19.4 Å². The summed E-state index contributed by atoms with van der Waals surface area (Å²) in [7, 11) is 0. The topological polar surface area (TPSA) is 49.4 Å². The number of nitrogens with zero attached hydrogens (tertiary/aromatic N) is 1. The molecule has 1 aliphatic heterocycles. The van der Waals surface area contributed by atoms with Gasteiger partial charge in [-0.1, -0.05) is 27.2 Å². The summed E-state index contributed by atoms with van der Waals surface area (Å²) in [5.74, 6) is 0.407. The Bertz CT molecular complexity index is 337. The second kappa shape index (κ2) is 6.40. The maximum atomic E-state index is 12.2. The lowest BCUT2D eigenvalue weighted by molar-refractivity contribution is -0.129. The molecule has 1 saturated heterocycles. The van der Waals surface area contributed by atoms with Crippen LogP contribution in [-0.4, -0.2) is 35.3 Å². The Morgan fingerprint density at radius 2 is 2.11 bits per heavy atom. The molecule has 0 saturated carbocycles. The van der Waals surface area contributed by atoms with Crippen molar-refractivity contribution >= 4 is 11.8 Å². The van der Waals surface area contributed by atoms with Gasteiger partial charge in [0.1, 0.15) is 0 Å². The number of carbonyl (C=O) groups excluding carboxylic acids is 2. The van der Waals surface area contributed by atoms with Gasteiger partial charge in [-0.2, -0.15) is 0 Å². The maximum absolute atomic E-state index is 12.2. The number of carbonyl (C=O) groups is 2. The molecule has 1 N–H and O–H groups in total. The predicted octanol–water partition coefficient (Wildman–Crippen LogP) is 2.19. The molecule has 0 aromatic carbocycles. The Kier molecular flexibility index (Phi) is 5.39. The molecule has 0 unspecified atom stereocenters. The van der Waals surface area contributed by atoms with Gasteiger partial charge in [0, 0.05) is 25.0 Å². The molecule has 0 spiro atoms. The zero-order chi connectivity index (χ0) is 14.6. The fraction of sp³-hybridized carbons (Fsp3) is 0.867. The second-order valence-electron chi connectivity index (χ2n) is 6.72. The van der Waals surface area contributed by atoms with E-state index in [4.69, 9.17) is 0 Å². The highest BCUT2D eigenvalue weighted by molar-refractivity contribution is 5.89. The SMILES string of the molecule is CCCC(C)(C)NC(=O)[C@H]1CC(=O)N(CC(C)C)C1. The minimum Gasteiger partial charge on any atom is -0.351 e. The predicted molar refractivity (Wildman–Crippen MR) is 76.7 cm³/mol. The van der Waals surface area contributed by atoms with Crippen molar-refractivity contribution in [2.75, 3.05) is 13.1 Å². The quantitative estimate of drug-likeness (QED) is 0.802. The van der Waals surface area contributed by atoms with Crippen LogP contribution in [0.25, 0.3) is 0 Å². The van der Waals surface area contributed by atoms with Gasteiger partial charge in [-0.25, -0.2) is 0 Å². The minimum atomic E-state index is -0.180. The van der Waals surface area contributed by atoms with E-state index in [1.165, 1.54) is 0 Å². The third-order valence-electron chi connectivity index (χ3n) is 3.51. The van der Waals surface area contributed by atoms with E-state index in [1.807, 2.05) is 18.7 Å². The average Bonchev–Trinajstić information content (AvgIpc) is 2.58. The van der Waals surface area contributed by atoms with Crippen LogP contribution in [0.2, 0.25) is 0 Å².